The van der Waals surface area contributed by atoms with E-state index in [-0.39, 0.29) is 13.2 Å². The molecule has 72 valence electrons. The number of aliphatic hydroxyl groups is 4. The van der Waals surface area contributed by atoms with Gasteiger partial charge in [0.05, 0.1) is 6.61 Å². The van der Waals surface area contributed by atoms with Gasteiger partial charge in [0, 0.05) is 6.54 Å². The second-order valence-electron chi connectivity index (χ2n) is 2.86. The maximum absolute atomic E-state index is 9.37. The Morgan fingerprint density at radius 2 is 2.00 bits per heavy atom. The fraction of sp³-hybridized carbons (Fsp3) is 1.00. The molecule has 1 fully saturated rings. The zero-order valence-corrected chi connectivity index (χ0v) is 6.42. The van der Waals surface area contributed by atoms with Crippen LogP contribution < -0.4 is 5.73 Å². The largest absolute Gasteiger partial charge is 0.388 e. The van der Waals surface area contributed by atoms with E-state index in [2.05, 4.69) is 4.74 Å². The Labute approximate surface area is 69.2 Å². The molecule has 0 aliphatic carbocycles. The summed E-state index contributed by atoms with van der Waals surface area (Å²) in [6.45, 7) is -0.579. The first-order chi connectivity index (χ1) is 5.51. The van der Waals surface area contributed by atoms with Crippen molar-refractivity contribution in [1.82, 2.24) is 0 Å². The van der Waals surface area contributed by atoms with Crippen LogP contribution in [0.15, 0.2) is 0 Å². The van der Waals surface area contributed by atoms with Gasteiger partial charge in [0.25, 0.3) is 0 Å². The van der Waals surface area contributed by atoms with Gasteiger partial charge in [-0.15, -0.1) is 0 Å². The van der Waals surface area contributed by atoms with Crippen molar-refractivity contribution >= 4 is 0 Å². The van der Waals surface area contributed by atoms with Crippen molar-refractivity contribution in [2.75, 3.05) is 13.2 Å². The summed E-state index contributed by atoms with van der Waals surface area (Å²) in [5.41, 5.74) is 5.11. The highest BCUT2D eigenvalue weighted by Gasteiger charge is 2.47. The number of ether oxygens (including phenoxy) is 1. The molecule has 6 N–H and O–H groups in total. The summed E-state index contributed by atoms with van der Waals surface area (Å²) < 4.78 is 4.68. The predicted octanol–water partition coefficient (Wildman–Crippen LogP) is -3.25. The maximum Gasteiger partial charge on any atom is 0.207 e. The SMILES string of the molecule is NC[C@@]1(O)OCC(O)[C@@H](O)C1O. The fourth-order valence-corrected chi connectivity index (χ4v) is 1.07. The van der Waals surface area contributed by atoms with E-state index in [9.17, 15) is 10.2 Å². The first-order valence-corrected chi connectivity index (χ1v) is 3.62. The van der Waals surface area contributed by atoms with Crippen LogP contribution in [0.25, 0.3) is 0 Å². The van der Waals surface area contributed by atoms with Crippen LogP contribution in [0.4, 0.5) is 0 Å². The average Bonchev–Trinajstić information content (AvgIpc) is 2.09. The molecule has 0 amide bonds. The molecule has 1 aliphatic heterocycles. The van der Waals surface area contributed by atoms with E-state index < -0.39 is 24.1 Å². The van der Waals surface area contributed by atoms with Gasteiger partial charge in [-0.1, -0.05) is 0 Å². The van der Waals surface area contributed by atoms with E-state index >= 15 is 0 Å². The second kappa shape index (κ2) is 3.25. The highest BCUT2D eigenvalue weighted by molar-refractivity contribution is 4.91. The number of aliphatic hydroxyl groups excluding tert-OH is 3. The van der Waals surface area contributed by atoms with Gasteiger partial charge in [-0.25, -0.2) is 0 Å². The number of hydrogen-bond acceptors (Lipinski definition) is 6. The molecule has 2 unspecified atom stereocenters. The summed E-state index contributed by atoms with van der Waals surface area (Å²) in [5, 5.41) is 36.7. The minimum Gasteiger partial charge on any atom is -0.388 e. The smallest absolute Gasteiger partial charge is 0.207 e. The molecule has 12 heavy (non-hydrogen) atoms. The summed E-state index contributed by atoms with van der Waals surface area (Å²) in [4.78, 5) is 0. The summed E-state index contributed by atoms with van der Waals surface area (Å²) >= 11 is 0. The highest BCUT2D eigenvalue weighted by atomic mass is 16.6. The maximum atomic E-state index is 9.37. The summed E-state index contributed by atoms with van der Waals surface area (Å²) in [6.07, 6.45) is -4.19. The molecular formula is C6H13NO5. The lowest BCUT2D eigenvalue weighted by molar-refractivity contribution is -0.315. The van der Waals surface area contributed by atoms with Crippen molar-refractivity contribution in [1.29, 1.82) is 0 Å². The third kappa shape index (κ3) is 1.45. The topological polar surface area (TPSA) is 116 Å². The van der Waals surface area contributed by atoms with Crippen LogP contribution in [0.5, 0.6) is 0 Å². The van der Waals surface area contributed by atoms with Crippen LogP contribution >= 0.6 is 0 Å². The van der Waals surface area contributed by atoms with Gasteiger partial charge in [-0.3, -0.25) is 0 Å². The molecule has 0 spiro atoms. The molecule has 6 nitrogen and oxygen atoms in total. The van der Waals surface area contributed by atoms with Crippen molar-refractivity contribution in [3.8, 4) is 0 Å². The first-order valence-electron chi connectivity index (χ1n) is 3.62. The molecule has 6 heteroatoms. The molecular weight excluding hydrogens is 166 g/mol. The zero-order valence-electron chi connectivity index (χ0n) is 6.42. The Morgan fingerprint density at radius 3 is 2.50 bits per heavy atom. The Bertz CT molecular complexity index is 166. The van der Waals surface area contributed by atoms with Gasteiger partial charge >= 0.3 is 0 Å². The predicted molar refractivity (Wildman–Crippen MR) is 38.0 cm³/mol. The molecule has 0 saturated carbocycles. The minimum atomic E-state index is -1.95. The molecule has 1 rings (SSSR count). The highest BCUT2D eigenvalue weighted by Crippen LogP contribution is 2.22. The van der Waals surface area contributed by atoms with Gasteiger partial charge in [0.2, 0.25) is 5.79 Å². The van der Waals surface area contributed by atoms with E-state index in [1.165, 1.54) is 0 Å². The quantitative estimate of drug-likeness (QED) is 0.288. The third-order valence-electron chi connectivity index (χ3n) is 1.98. The van der Waals surface area contributed by atoms with Gasteiger partial charge in [-0.05, 0) is 0 Å². The van der Waals surface area contributed by atoms with E-state index in [4.69, 9.17) is 15.9 Å². The summed E-state index contributed by atoms with van der Waals surface area (Å²) in [5.74, 6) is -1.95. The van der Waals surface area contributed by atoms with Gasteiger partial charge in [0.1, 0.15) is 18.3 Å². The molecule has 0 bridgehead atoms. The normalized spacial score (nSPS) is 49.2. The van der Waals surface area contributed by atoms with E-state index in [1.807, 2.05) is 0 Å². The minimum absolute atomic E-state index is 0.244. The molecule has 0 radical (unpaired) electrons. The zero-order chi connectivity index (χ0) is 9.35. The standard InChI is InChI=1S/C6H13NO5/c7-2-6(11)5(10)4(9)3(8)1-12-6/h3-5,8-11H,1-2,7H2/t3?,4-,5?,6-/m1/s1. The van der Waals surface area contributed by atoms with Crippen LogP contribution in [0.3, 0.4) is 0 Å². The number of hydrogen-bond donors (Lipinski definition) is 5. The Balaban J connectivity index is 2.71. The molecule has 0 aromatic carbocycles. The van der Waals surface area contributed by atoms with Crippen LogP contribution in [0.2, 0.25) is 0 Å². The van der Waals surface area contributed by atoms with Gasteiger partial charge in [0.15, 0.2) is 0 Å². The average molecular weight is 179 g/mol. The number of rotatable bonds is 1. The van der Waals surface area contributed by atoms with Gasteiger partial charge < -0.3 is 30.9 Å². The lowest BCUT2D eigenvalue weighted by Crippen LogP contribution is -2.63. The molecule has 1 aliphatic rings. The monoisotopic (exact) mass is 179 g/mol. The van der Waals surface area contributed by atoms with Crippen molar-refractivity contribution in [2.24, 2.45) is 5.73 Å². The van der Waals surface area contributed by atoms with Crippen LogP contribution in [0.1, 0.15) is 0 Å². The van der Waals surface area contributed by atoms with Crippen molar-refractivity contribution < 1.29 is 25.2 Å². The molecule has 4 atom stereocenters. The Hall–Kier alpha value is -0.240. The summed E-state index contributed by atoms with van der Waals surface area (Å²) in [6, 6.07) is 0. The molecule has 0 aromatic rings. The first kappa shape index (κ1) is 9.85. The number of nitrogens with two attached hydrogens (primary N) is 1. The van der Waals surface area contributed by atoms with Crippen LogP contribution in [0, 0.1) is 0 Å². The molecule has 1 saturated heterocycles. The van der Waals surface area contributed by atoms with Crippen LogP contribution in [-0.2, 0) is 4.74 Å². The van der Waals surface area contributed by atoms with E-state index in [1.54, 1.807) is 0 Å². The van der Waals surface area contributed by atoms with Crippen LogP contribution in [-0.4, -0.2) is 57.7 Å². The van der Waals surface area contributed by atoms with Crippen molar-refractivity contribution in [3.05, 3.63) is 0 Å². The van der Waals surface area contributed by atoms with E-state index in [0.29, 0.717) is 0 Å². The molecule has 0 aromatic heterocycles. The van der Waals surface area contributed by atoms with Crippen molar-refractivity contribution in [3.63, 3.8) is 0 Å². The lowest BCUT2D eigenvalue weighted by Gasteiger charge is -2.40. The second-order valence-corrected chi connectivity index (χ2v) is 2.86. The Morgan fingerprint density at radius 1 is 1.42 bits per heavy atom. The molecule has 1 heterocycles. The van der Waals surface area contributed by atoms with E-state index in [0.717, 1.165) is 0 Å². The Kier molecular flexibility index (Phi) is 2.67. The third-order valence-corrected chi connectivity index (χ3v) is 1.98. The van der Waals surface area contributed by atoms with Crippen molar-refractivity contribution in [2.45, 2.75) is 24.1 Å². The lowest BCUT2D eigenvalue weighted by atomic mass is 9.97. The van der Waals surface area contributed by atoms with Gasteiger partial charge in [-0.2, -0.15) is 0 Å². The fourth-order valence-electron chi connectivity index (χ4n) is 1.07. The summed E-state index contributed by atoms with van der Waals surface area (Å²) in [7, 11) is 0.